The second-order valence-electron chi connectivity index (χ2n) is 7.73. The average molecular weight is 459 g/mol. The molecule has 2 aromatic rings. The molecule has 1 saturated heterocycles. The van der Waals surface area contributed by atoms with Gasteiger partial charge in [-0.1, -0.05) is 0 Å². The van der Waals surface area contributed by atoms with E-state index in [1.807, 2.05) is 0 Å². The van der Waals surface area contributed by atoms with Crippen LogP contribution in [0.4, 0.5) is 27.6 Å². The molecule has 11 heteroatoms. The molecule has 0 aliphatic carbocycles. The zero-order chi connectivity index (χ0) is 23.8. The number of carbonyl (C=O) groups is 1. The maximum absolute atomic E-state index is 13.9. The number of H-pyrrole nitrogens is 1. The molecule has 0 radical (unpaired) electrons. The molecule has 0 aromatic carbocycles. The van der Waals surface area contributed by atoms with Gasteiger partial charge in [-0.15, -0.1) is 0 Å². The van der Waals surface area contributed by atoms with Gasteiger partial charge in [-0.25, -0.2) is 18.6 Å². The number of pyridine rings is 2. The summed E-state index contributed by atoms with van der Waals surface area (Å²) in [6, 6.07) is 0.713. The van der Waals surface area contributed by atoms with Crippen molar-refractivity contribution in [1.29, 1.82) is 0 Å². The van der Waals surface area contributed by atoms with Gasteiger partial charge in [-0.05, 0) is 26.3 Å². The highest BCUT2D eigenvalue weighted by Gasteiger charge is 2.36. The molecule has 2 aromatic heterocycles. The van der Waals surface area contributed by atoms with Gasteiger partial charge < -0.3 is 14.6 Å². The molecule has 1 aliphatic rings. The molecule has 0 unspecified atom stereocenters. The number of methoxy groups -OCH3 is 1. The summed E-state index contributed by atoms with van der Waals surface area (Å²) in [6.45, 7) is 3.03. The van der Waals surface area contributed by atoms with Crippen molar-refractivity contribution in [1.82, 2.24) is 9.97 Å². The molecule has 174 valence electrons. The minimum Gasteiger partial charge on any atom is -0.465 e. The van der Waals surface area contributed by atoms with E-state index in [4.69, 9.17) is 4.74 Å². The lowest BCUT2D eigenvalue weighted by atomic mass is 10.00. The fourth-order valence-electron chi connectivity index (χ4n) is 3.67. The van der Waals surface area contributed by atoms with Gasteiger partial charge >= 0.3 is 12.1 Å². The number of rotatable bonds is 3. The lowest BCUT2D eigenvalue weighted by Crippen LogP contribution is -2.28. The minimum atomic E-state index is -4.80. The van der Waals surface area contributed by atoms with Crippen molar-refractivity contribution in [2.24, 2.45) is 0 Å². The van der Waals surface area contributed by atoms with Crippen molar-refractivity contribution in [3.05, 3.63) is 45.0 Å². The number of aryl methyl sites for hydroxylation is 1. The van der Waals surface area contributed by atoms with Gasteiger partial charge in [0.2, 0.25) is 5.92 Å². The number of nitrogens with zero attached hydrogens (tertiary/aromatic N) is 2. The van der Waals surface area contributed by atoms with Crippen molar-refractivity contribution in [2.45, 2.75) is 45.2 Å². The molecule has 0 saturated carbocycles. The van der Waals surface area contributed by atoms with E-state index in [2.05, 4.69) is 9.97 Å². The highest BCUT2D eigenvalue weighted by atomic mass is 19.4. The van der Waals surface area contributed by atoms with Crippen molar-refractivity contribution >= 4 is 11.7 Å². The summed E-state index contributed by atoms with van der Waals surface area (Å²) in [5.41, 5.74) is -2.06. The molecule has 0 atom stereocenters. The van der Waals surface area contributed by atoms with E-state index in [1.54, 1.807) is 6.92 Å². The van der Waals surface area contributed by atoms with Crippen LogP contribution in [0.1, 0.15) is 46.6 Å². The van der Waals surface area contributed by atoms with Gasteiger partial charge in [0.1, 0.15) is 11.3 Å². The van der Waals surface area contributed by atoms with E-state index in [9.17, 15) is 31.5 Å². The fraction of sp³-hybridized carbons (Fsp3) is 0.476. The highest BCUT2D eigenvalue weighted by Crippen LogP contribution is 2.38. The molecule has 32 heavy (non-hydrogen) atoms. The predicted octanol–water partition coefficient (Wildman–Crippen LogP) is 4.48. The molecule has 3 heterocycles. The van der Waals surface area contributed by atoms with Crippen LogP contribution in [0.2, 0.25) is 0 Å². The van der Waals surface area contributed by atoms with E-state index in [1.165, 1.54) is 11.8 Å². The quantitative estimate of drug-likeness (QED) is 0.541. The zero-order valence-corrected chi connectivity index (χ0v) is 17.7. The lowest BCUT2D eigenvalue weighted by Gasteiger charge is -2.26. The van der Waals surface area contributed by atoms with Crippen molar-refractivity contribution < 1.29 is 31.5 Å². The third-order valence-corrected chi connectivity index (χ3v) is 5.58. The topological polar surface area (TPSA) is 75.3 Å². The summed E-state index contributed by atoms with van der Waals surface area (Å²) in [7, 11) is 1.05. The van der Waals surface area contributed by atoms with Crippen LogP contribution in [-0.2, 0) is 10.9 Å². The van der Waals surface area contributed by atoms with Crippen LogP contribution in [-0.4, -0.2) is 42.1 Å². The number of esters is 1. The van der Waals surface area contributed by atoms with Crippen LogP contribution in [0.15, 0.2) is 17.1 Å². The Bertz CT molecular complexity index is 1100. The van der Waals surface area contributed by atoms with E-state index < -0.39 is 41.2 Å². The molecule has 0 bridgehead atoms. The van der Waals surface area contributed by atoms with Crippen LogP contribution >= 0.6 is 0 Å². The standard InChI is InChI=1S/C21H22F5N3O3/c1-11-12(2)28-17(16(18(11)30)19(31)32-3)13-9-15(21(24,25)26)27-10-14(13)29-7-4-5-20(22,23)6-8-29/h9-10H,4-8H2,1-3H3,(H,28,30). The maximum atomic E-state index is 13.9. The van der Waals surface area contributed by atoms with Crippen molar-refractivity contribution in [3.63, 3.8) is 0 Å². The number of nitrogens with one attached hydrogen (secondary N) is 1. The van der Waals surface area contributed by atoms with Gasteiger partial charge in [0.05, 0.1) is 24.7 Å². The van der Waals surface area contributed by atoms with Crippen LogP contribution in [0.25, 0.3) is 11.3 Å². The van der Waals surface area contributed by atoms with E-state index >= 15 is 0 Å². The number of carbonyl (C=O) groups excluding carboxylic acids is 1. The molecule has 0 spiro atoms. The number of hydrogen-bond donors (Lipinski definition) is 1. The van der Waals surface area contributed by atoms with Crippen LogP contribution in [0.3, 0.4) is 0 Å². The largest absolute Gasteiger partial charge is 0.465 e. The van der Waals surface area contributed by atoms with E-state index in [-0.39, 0.29) is 48.4 Å². The summed E-state index contributed by atoms with van der Waals surface area (Å²) in [6.07, 6.45) is -4.58. The fourth-order valence-corrected chi connectivity index (χ4v) is 3.67. The minimum absolute atomic E-state index is 0.111. The maximum Gasteiger partial charge on any atom is 0.433 e. The van der Waals surface area contributed by atoms with Gasteiger partial charge in [0, 0.05) is 42.8 Å². The number of aromatic nitrogens is 2. The summed E-state index contributed by atoms with van der Waals surface area (Å²) >= 11 is 0. The Hall–Kier alpha value is -2.98. The van der Waals surface area contributed by atoms with E-state index in [0.717, 1.165) is 13.3 Å². The second-order valence-corrected chi connectivity index (χ2v) is 7.73. The summed E-state index contributed by atoms with van der Waals surface area (Å²) < 4.78 is 72.7. The average Bonchev–Trinajstić information content (AvgIpc) is 2.90. The normalized spacial score (nSPS) is 16.6. The summed E-state index contributed by atoms with van der Waals surface area (Å²) in [5.74, 6) is -3.91. The number of hydrogen-bond acceptors (Lipinski definition) is 5. The monoisotopic (exact) mass is 459 g/mol. The third-order valence-electron chi connectivity index (χ3n) is 5.58. The molecular weight excluding hydrogens is 437 g/mol. The Kier molecular flexibility index (Phi) is 6.30. The number of aromatic amines is 1. The third kappa shape index (κ3) is 4.61. The van der Waals surface area contributed by atoms with Crippen molar-refractivity contribution in [2.75, 3.05) is 25.1 Å². The zero-order valence-electron chi connectivity index (χ0n) is 17.7. The number of alkyl halides is 5. The second kappa shape index (κ2) is 8.51. The Balaban J connectivity index is 2.29. The number of halogens is 5. The first-order chi connectivity index (χ1) is 14.9. The molecule has 0 amide bonds. The van der Waals surface area contributed by atoms with Gasteiger partial charge in [-0.2, -0.15) is 13.2 Å². The van der Waals surface area contributed by atoms with Crippen molar-refractivity contribution in [3.8, 4) is 11.3 Å². The first-order valence-corrected chi connectivity index (χ1v) is 9.88. The molecule has 3 rings (SSSR count). The summed E-state index contributed by atoms with van der Waals surface area (Å²) in [5, 5.41) is 0. The van der Waals surface area contributed by atoms with E-state index in [0.29, 0.717) is 11.8 Å². The Morgan fingerprint density at radius 3 is 2.53 bits per heavy atom. The van der Waals surface area contributed by atoms with Crippen LogP contribution < -0.4 is 10.3 Å². The molecule has 1 fully saturated rings. The Morgan fingerprint density at radius 2 is 1.91 bits per heavy atom. The molecule has 1 aliphatic heterocycles. The number of ether oxygens (including phenoxy) is 1. The molecule has 6 nitrogen and oxygen atoms in total. The summed E-state index contributed by atoms with van der Waals surface area (Å²) in [4.78, 5) is 33.0. The first-order valence-electron chi connectivity index (χ1n) is 9.88. The molecular formula is C21H22F5N3O3. The Morgan fingerprint density at radius 1 is 1.22 bits per heavy atom. The predicted molar refractivity (Wildman–Crippen MR) is 107 cm³/mol. The van der Waals surface area contributed by atoms with Gasteiger partial charge in [-0.3, -0.25) is 4.79 Å². The first kappa shape index (κ1) is 23.7. The smallest absolute Gasteiger partial charge is 0.433 e. The Labute approximate surface area is 180 Å². The van der Waals surface area contributed by atoms with Gasteiger partial charge in [0.15, 0.2) is 5.43 Å². The number of anilines is 1. The SMILES string of the molecule is COC(=O)c1c(-c2cc(C(F)(F)F)ncc2N2CCCC(F)(F)CC2)[nH]c(C)c(C)c1=O. The van der Waals surface area contributed by atoms with Gasteiger partial charge in [0.25, 0.3) is 0 Å². The molecule has 1 N–H and O–H groups in total. The van der Waals surface area contributed by atoms with Crippen LogP contribution in [0.5, 0.6) is 0 Å². The van der Waals surface area contributed by atoms with Crippen LogP contribution in [0, 0.1) is 13.8 Å². The lowest BCUT2D eigenvalue weighted by molar-refractivity contribution is -0.141. The highest BCUT2D eigenvalue weighted by molar-refractivity contribution is 5.98.